The molecule has 33 heavy (non-hydrogen) atoms. The van der Waals surface area contributed by atoms with Crippen molar-refractivity contribution in [3.63, 3.8) is 0 Å². The molecule has 2 aromatic heterocycles. The van der Waals surface area contributed by atoms with Gasteiger partial charge in [-0.25, -0.2) is 23.7 Å². The van der Waals surface area contributed by atoms with E-state index in [1.807, 2.05) is 0 Å². The Morgan fingerprint density at radius 3 is 2.45 bits per heavy atom. The van der Waals surface area contributed by atoms with Gasteiger partial charge < -0.3 is 14.8 Å². The highest BCUT2D eigenvalue weighted by Crippen LogP contribution is 2.34. The molecule has 0 atom stereocenters. The summed E-state index contributed by atoms with van der Waals surface area (Å²) in [4.78, 5) is 11.4. The van der Waals surface area contributed by atoms with Crippen LogP contribution < -0.4 is 14.8 Å². The van der Waals surface area contributed by atoms with Crippen LogP contribution in [0.15, 0.2) is 36.5 Å². The van der Waals surface area contributed by atoms with E-state index < -0.39 is 23.9 Å². The van der Waals surface area contributed by atoms with Crippen molar-refractivity contribution in [1.82, 2.24) is 15.0 Å². The second kappa shape index (κ2) is 10.2. The number of anilines is 1. The van der Waals surface area contributed by atoms with Gasteiger partial charge in [0.25, 0.3) is 6.43 Å². The minimum Gasteiger partial charge on any atom is -0.493 e. The standard InChI is InChI=1S/C21H18ClF5N4O2/c1-11-30-18(19(23)24)17(22)20(31-11)28-8-7-12-3-5-14(15(9-12)32-2)33-16-6-4-13(10-29-16)21(25,26)27/h3-6,9-10,19H,7-8H2,1-2H3,(H,28,30,31). The maximum Gasteiger partial charge on any atom is 0.417 e. The number of methoxy groups -OCH3 is 1. The van der Waals surface area contributed by atoms with Gasteiger partial charge >= 0.3 is 6.18 Å². The quantitative estimate of drug-likeness (QED) is 0.378. The average Bonchev–Trinajstić information content (AvgIpc) is 2.76. The van der Waals surface area contributed by atoms with E-state index in [-0.39, 0.29) is 28.3 Å². The van der Waals surface area contributed by atoms with Crippen LogP contribution in [0.3, 0.4) is 0 Å². The Hall–Kier alpha value is -3.21. The highest BCUT2D eigenvalue weighted by molar-refractivity contribution is 6.33. The van der Waals surface area contributed by atoms with Gasteiger partial charge in [0, 0.05) is 18.8 Å². The number of nitrogens with zero attached hydrogens (tertiary/aromatic N) is 3. The lowest BCUT2D eigenvalue weighted by Gasteiger charge is -2.13. The first-order valence-electron chi connectivity index (χ1n) is 9.52. The topological polar surface area (TPSA) is 69.2 Å². The minimum absolute atomic E-state index is 0.0284. The zero-order chi connectivity index (χ0) is 24.2. The summed E-state index contributed by atoms with van der Waals surface area (Å²) < 4.78 is 74.9. The van der Waals surface area contributed by atoms with E-state index in [2.05, 4.69) is 20.3 Å². The van der Waals surface area contributed by atoms with E-state index in [0.717, 1.165) is 17.7 Å². The lowest BCUT2D eigenvalue weighted by molar-refractivity contribution is -0.137. The number of nitrogens with one attached hydrogen (secondary N) is 1. The number of ether oxygens (including phenoxy) is 2. The molecule has 0 saturated carbocycles. The van der Waals surface area contributed by atoms with Crippen molar-refractivity contribution in [3.05, 3.63) is 64.2 Å². The van der Waals surface area contributed by atoms with Crippen LogP contribution in [-0.2, 0) is 12.6 Å². The monoisotopic (exact) mass is 488 g/mol. The molecule has 3 aromatic rings. The Morgan fingerprint density at radius 1 is 1.09 bits per heavy atom. The molecule has 0 fully saturated rings. The SMILES string of the molecule is COc1cc(CCNc2nc(C)nc(C(F)F)c2Cl)ccc1Oc1ccc(C(F)(F)F)cn1. The molecule has 1 N–H and O–H groups in total. The summed E-state index contributed by atoms with van der Waals surface area (Å²) in [6, 6.07) is 6.97. The minimum atomic E-state index is -4.49. The van der Waals surface area contributed by atoms with Gasteiger partial charge in [-0.15, -0.1) is 0 Å². The third-order valence-corrected chi connectivity index (χ3v) is 4.78. The highest BCUT2D eigenvalue weighted by Gasteiger charge is 2.30. The van der Waals surface area contributed by atoms with Crippen LogP contribution in [0.2, 0.25) is 5.02 Å². The molecule has 176 valence electrons. The first-order chi connectivity index (χ1) is 15.6. The number of halogens is 6. The number of aryl methyl sites for hydroxylation is 1. The van der Waals surface area contributed by atoms with Gasteiger partial charge in [0.05, 0.1) is 12.7 Å². The lowest BCUT2D eigenvalue weighted by atomic mass is 10.1. The number of hydrogen-bond acceptors (Lipinski definition) is 6. The van der Waals surface area contributed by atoms with E-state index in [1.54, 1.807) is 18.2 Å². The Bertz CT molecular complexity index is 1110. The van der Waals surface area contributed by atoms with Gasteiger partial charge in [-0.1, -0.05) is 17.7 Å². The number of pyridine rings is 1. The first kappa shape index (κ1) is 24.4. The molecule has 6 nitrogen and oxygen atoms in total. The number of aromatic nitrogens is 3. The third kappa shape index (κ3) is 6.19. The van der Waals surface area contributed by atoms with Crippen LogP contribution >= 0.6 is 11.6 Å². The maximum atomic E-state index is 13.0. The van der Waals surface area contributed by atoms with Gasteiger partial charge in [0.2, 0.25) is 5.88 Å². The first-order valence-corrected chi connectivity index (χ1v) is 9.90. The molecule has 0 radical (unpaired) electrons. The molecule has 0 amide bonds. The van der Waals surface area contributed by atoms with Crippen molar-refractivity contribution >= 4 is 17.4 Å². The molecule has 1 aromatic carbocycles. The number of alkyl halides is 5. The molecule has 0 saturated heterocycles. The normalized spacial score (nSPS) is 11.5. The van der Waals surface area contributed by atoms with Gasteiger partial charge in [-0.2, -0.15) is 13.2 Å². The van der Waals surface area contributed by atoms with Crippen molar-refractivity contribution in [1.29, 1.82) is 0 Å². The predicted octanol–water partition coefficient (Wildman–Crippen LogP) is 6.25. The molecule has 2 heterocycles. The van der Waals surface area contributed by atoms with E-state index >= 15 is 0 Å². The van der Waals surface area contributed by atoms with Crippen LogP contribution in [-0.4, -0.2) is 28.6 Å². The van der Waals surface area contributed by atoms with Crippen LogP contribution in [0.1, 0.15) is 29.1 Å². The average molecular weight is 489 g/mol. The molecule has 0 aliphatic carbocycles. The Labute approximate surface area is 190 Å². The zero-order valence-electron chi connectivity index (χ0n) is 17.4. The third-order valence-electron chi connectivity index (χ3n) is 4.41. The molecule has 3 rings (SSSR count). The van der Waals surface area contributed by atoms with Crippen molar-refractivity contribution in [2.24, 2.45) is 0 Å². The van der Waals surface area contributed by atoms with E-state index in [4.69, 9.17) is 21.1 Å². The summed E-state index contributed by atoms with van der Waals surface area (Å²) in [6.45, 7) is 1.81. The smallest absolute Gasteiger partial charge is 0.417 e. The summed E-state index contributed by atoms with van der Waals surface area (Å²) in [5.41, 5.74) is -0.612. The highest BCUT2D eigenvalue weighted by atomic mass is 35.5. The molecular formula is C21H18ClF5N4O2. The summed E-state index contributed by atoms with van der Waals surface area (Å²) in [6.07, 6.45) is -6.18. The van der Waals surface area contributed by atoms with Crippen LogP contribution in [0.5, 0.6) is 17.4 Å². The van der Waals surface area contributed by atoms with Gasteiger partial charge in [-0.05, 0) is 37.1 Å². The number of rotatable bonds is 8. The largest absolute Gasteiger partial charge is 0.493 e. The van der Waals surface area contributed by atoms with Gasteiger partial charge in [0.15, 0.2) is 11.5 Å². The van der Waals surface area contributed by atoms with Crippen LogP contribution in [0.25, 0.3) is 0 Å². The Balaban J connectivity index is 1.67. The van der Waals surface area contributed by atoms with Crippen LogP contribution in [0.4, 0.5) is 27.8 Å². The fourth-order valence-corrected chi connectivity index (χ4v) is 3.07. The van der Waals surface area contributed by atoms with Crippen molar-refractivity contribution < 1.29 is 31.4 Å². The molecule has 0 spiro atoms. The second-order valence-corrected chi connectivity index (χ2v) is 7.14. The zero-order valence-corrected chi connectivity index (χ0v) is 18.1. The maximum absolute atomic E-state index is 13.0. The van der Waals surface area contributed by atoms with E-state index in [0.29, 0.717) is 24.9 Å². The Morgan fingerprint density at radius 2 is 1.85 bits per heavy atom. The Kier molecular flexibility index (Phi) is 7.52. The molecule has 0 aliphatic rings. The number of benzene rings is 1. The van der Waals surface area contributed by atoms with Crippen molar-refractivity contribution in [3.8, 4) is 17.4 Å². The fourth-order valence-electron chi connectivity index (χ4n) is 2.84. The van der Waals surface area contributed by atoms with Gasteiger partial charge in [-0.3, -0.25) is 0 Å². The molecule has 0 unspecified atom stereocenters. The van der Waals surface area contributed by atoms with Crippen molar-refractivity contribution in [2.45, 2.75) is 25.9 Å². The van der Waals surface area contributed by atoms with Crippen molar-refractivity contribution in [2.75, 3.05) is 19.0 Å². The lowest BCUT2D eigenvalue weighted by Crippen LogP contribution is -2.10. The molecular weight excluding hydrogens is 471 g/mol. The van der Waals surface area contributed by atoms with Crippen LogP contribution in [0, 0.1) is 6.92 Å². The van der Waals surface area contributed by atoms with E-state index in [1.165, 1.54) is 14.0 Å². The fraction of sp³-hybridized carbons (Fsp3) is 0.286. The van der Waals surface area contributed by atoms with E-state index in [9.17, 15) is 22.0 Å². The summed E-state index contributed by atoms with van der Waals surface area (Å²) >= 11 is 5.97. The molecule has 12 heteroatoms. The second-order valence-electron chi connectivity index (χ2n) is 6.77. The molecule has 0 aliphatic heterocycles. The summed E-state index contributed by atoms with van der Waals surface area (Å²) in [5.74, 6) is 0.846. The van der Waals surface area contributed by atoms with Gasteiger partial charge in [0.1, 0.15) is 22.4 Å². The predicted molar refractivity (Wildman–Crippen MR) is 111 cm³/mol. The summed E-state index contributed by atoms with van der Waals surface area (Å²) in [5, 5.41) is 2.68. The summed E-state index contributed by atoms with van der Waals surface area (Å²) in [7, 11) is 1.42. The number of hydrogen-bond donors (Lipinski definition) is 1. The molecule has 0 bridgehead atoms.